The molecule has 2 aliphatic rings. The summed E-state index contributed by atoms with van der Waals surface area (Å²) in [5, 5.41) is 14.0. The molecule has 3 rings (SSSR count). The summed E-state index contributed by atoms with van der Waals surface area (Å²) < 4.78 is 0. The van der Waals surface area contributed by atoms with E-state index in [1.807, 2.05) is 0 Å². The molecule has 1 aromatic rings. The molecule has 102 valence electrons. The Kier molecular flexibility index (Phi) is 2.96. The van der Waals surface area contributed by atoms with E-state index in [2.05, 4.69) is 20.2 Å². The van der Waals surface area contributed by atoms with Crippen molar-refractivity contribution in [2.24, 2.45) is 11.8 Å². The van der Waals surface area contributed by atoms with Gasteiger partial charge in [0.15, 0.2) is 0 Å². The second kappa shape index (κ2) is 4.64. The minimum absolute atomic E-state index is 0.00928. The van der Waals surface area contributed by atoms with Crippen molar-refractivity contribution in [3.8, 4) is 0 Å². The zero-order valence-electron chi connectivity index (χ0n) is 10.9. The molecule has 1 N–H and O–H groups in total. The molecule has 2 atom stereocenters. The van der Waals surface area contributed by atoms with Crippen molar-refractivity contribution in [1.29, 1.82) is 0 Å². The fraction of sp³-hybridized carbons (Fsp3) is 0.667. The summed E-state index contributed by atoms with van der Waals surface area (Å²) in [6.07, 6.45) is 5.15. The van der Waals surface area contributed by atoms with E-state index in [9.17, 15) is 10.1 Å². The first-order valence-electron chi connectivity index (χ1n) is 6.62. The number of rotatable bonds is 3. The number of fused-ring (bicyclic) bond motifs is 1. The van der Waals surface area contributed by atoms with Gasteiger partial charge in [-0.15, -0.1) is 0 Å². The summed E-state index contributed by atoms with van der Waals surface area (Å²) in [4.78, 5) is 21.0. The molecule has 1 aliphatic heterocycles. The van der Waals surface area contributed by atoms with E-state index in [4.69, 9.17) is 0 Å². The quantitative estimate of drug-likeness (QED) is 0.659. The summed E-state index contributed by atoms with van der Waals surface area (Å²) in [5.74, 6) is 2.09. The van der Waals surface area contributed by atoms with Gasteiger partial charge >= 0.3 is 5.69 Å². The summed E-state index contributed by atoms with van der Waals surface area (Å²) >= 11 is 0. The first kappa shape index (κ1) is 12.1. The van der Waals surface area contributed by atoms with Crippen molar-refractivity contribution in [3.05, 3.63) is 16.4 Å². The molecule has 0 bridgehead atoms. The molecule has 19 heavy (non-hydrogen) atoms. The van der Waals surface area contributed by atoms with E-state index in [1.54, 1.807) is 7.05 Å². The van der Waals surface area contributed by atoms with E-state index in [1.165, 1.54) is 25.6 Å². The molecule has 7 nitrogen and oxygen atoms in total. The molecule has 0 radical (unpaired) electrons. The molecule has 2 heterocycles. The Labute approximate surface area is 111 Å². The third-order valence-electron chi connectivity index (χ3n) is 4.25. The van der Waals surface area contributed by atoms with Crippen LogP contribution >= 0.6 is 0 Å². The SMILES string of the molecule is CNc1ncnc(N2CC3CCCC3C2)c1[N+](=O)[O-]. The molecule has 2 unspecified atom stereocenters. The van der Waals surface area contributed by atoms with Crippen LogP contribution in [-0.2, 0) is 0 Å². The molecule has 1 saturated carbocycles. The van der Waals surface area contributed by atoms with Gasteiger partial charge in [0.2, 0.25) is 11.6 Å². The van der Waals surface area contributed by atoms with Gasteiger partial charge in [-0.2, -0.15) is 0 Å². The van der Waals surface area contributed by atoms with Gasteiger partial charge in [0.1, 0.15) is 6.33 Å². The fourth-order valence-electron chi connectivity index (χ4n) is 3.36. The molecule has 0 amide bonds. The molecule has 0 aromatic carbocycles. The van der Waals surface area contributed by atoms with Gasteiger partial charge in [-0.25, -0.2) is 9.97 Å². The summed E-state index contributed by atoms with van der Waals surface area (Å²) in [7, 11) is 1.64. The maximum Gasteiger partial charge on any atom is 0.353 e. The van der Waals surface area contributed by atoms with Crippen LogP contribution in [0, 0.1) is 22.0 Å². The Morgan fingerprint density at radius 3 is 2.63 bits per heavy atom. The van der Waals surface area contributed by atoms with Crippen molar-refractivity contribution in [3.63, 3.8) is 0 Å². The Hall–Kier alpha value is -1.92. The van der Waals surface area contributed by atoms with Gasteiger partial charge in [0, 0.05) is 20.1 Å². The van der Waals surface area contributed by atoms with Crippen LogP contribution in [-0.4, -0.2) is 35.0 Å². The van der Waals surface area contributed by atoms with E-state index < -0.39 is 4.92 Å². The van der Waals surface area contributed by atoms with Crippen LogP contribution in [0.3, 0.4) is 0 Å². The van der Waals surface area contributed by atoms with Crippen LogP contribution in [0.4, 0.5) is 17.3 Å². The lowest BCUT2D eigenvalue weighted by molar-refractivity contribution is -0.383. The van der Waals surface area contributed by atoms with Gasteiger partial charge in [0.05, 0.1) is 4.92 Å². The number of nitrogens with one attached hydrogen (secondary N) is 1. The molecular weight excluding hydrogens is 246 g/mol. The topological polar surface area (TPSA) is 84.2 Å². The van der Waals surface area contributed by atoms with Gasteiger partial charge < -0.3 is 10.2 Å². The molecule has 0 spiro atoms. The van der Waals surface area contributed by atoms with E-state index in [0.717, 1.165) is 13.1 Å². The Balaban J connectivity index is 1.94. The van der Waals surface area contributed by atoms with Gasteiger partial charge in [-0.3, -0.25) is 10.1 Å². The van der Waals surface area contributed by atoms with Crippen molar-refractivity contribution in [1.82, 2.24) is 9.97 Å². The summed E-state index contributed by atoms with van der Waals surface area (Å²) in [6.45, 7) is 1.76. The maximum absolute atomic E-state index is 11.3. The van der Waals surface area contributed by atoms with E-state index >= 15 is 0 Å². The average Bonchev–Trinajstić information content (AvgIpc) is 2.98. The van der Waals surface area contributed by atoms with Crippen LogP contribution in [0.1, 0.15) is 19.3 Å². The van der Waals surface area contributed by atoms with Crippen LogP contribution in [0.25, 0.3) is 0 Å². The fourth-order valence-corrected chi connectivity index (χ4v) is 3.36. The predicted molar refractivity (Wildman–Crippen MR) is 71.3 cm³/mol. The Morgan fingerprint density at radius 2 is 2.05 bits per heavy atom. The standard InChI is InChI=1S/C12H17N5O2/c1-13-11-10(17(18)19)12(15-7-14-11)16-5-8-3-2-4-9(8)6-16/h7-9H,2-6H2,1H3,(H,13,14,15). The van der Waals surface area contributed by atoms with E-state index in [0.29, 0.717) is 17.7 Å². The number of nitrogens with zero attached hydrogens (tertiary/aromatic N) is 4. The summed E-state index contributed by atoms with van der Waals surface area (Å²) in [5.41, 5.74) is -0.00928. The van der Waals surface area contributed by atoms with Gasteiger partial charge in [-0.1, -0.05) is 6.42 Å². The lowest BCUT2D eigenvalue weighted by Gasteiger charge is -2.18. The minimum atomic E-state index is -0.394. The smallest absolute Gasteiger partial charge is 0.353 e. The number of aromatic nitrogens is 2. The first-order chi connectivity index (χ1) is 9.20. The highest BCUT2D eigenvalue weighted by atomic mass is 16.6. The largest absolute Gasteiger partial charge is 0.367 e. The maximum atomic E-state index is 11.3. The van der Waals surface area contributed by atoms with E-state index in [-0.39, 0.29) is 11.5 Å². The molecular formula is C12H17N5O2. The molecule has 1 aliphatic carbocycles. The third kappa shape index (κ3) is 1.98. The monoisotopic (exact) mass is 263 g/mol. The van der Waals surface area contributed by atoms with Crippen molar-refractivity contribution in [2.75, 3.05) is 30.4 Å². The lowest BCUT2D eigenvalue weighted by Crippen LogP contribution is -2.23. The molecule has 1 aromatic heterocycles. The normalized spacial score (nSPS) is 25.4. The van der Waals surface area contributed by atoms with Crippen molar-refractivity contribution in [2.45, 2.75) is 19.3 Å². The van der Waals surface area contributed by atoms with Crippen molar-refractivity contribution < 1.29 is 4.92 Å². The second-order valence-corrected chi connectivity index (χ2v) is 5.26. The number of hydrogen-bond acceptors (Lipinski definition) is 6. The summed E-state index contributed by atoms with van der Waals surface area (Å²) in [6, 6.07) is 0. The van der Waals surface area contributed by atoms with Crippen LogP contribution in [0.15, 0.2) is 6.33 Å². The highest BCUT2D eigenvalue weighted by molar-refractivity contribution is 5.70. The Morgan fingerprint density at radius 1 is 1.37 bits per heavy atom. The average molecular weight is 263 g/mol. The molecule has 1 saturated heterocycles. The lowest BCUT2D eigenvalue weighted by atomic mass is 10.0. The third-order valence-corrected chi connectivity index (χ3v) is 4.25. The van der Waals surface area contributed by atoms with Crippen LogP contribution in [0.5, 0.6) is 0 Å². The number of anilines is 2. The van der Waals surface area contributed by atoms with Crippen molar-refractivity contribution >= 4 is 17.3 Å². The number of nitro groups is 1. The van der Waals surface area contributed by atoms with Gasteiger partial charge in [-0.05, 0) is 24.7 Å². The predicted octanol–water partition coefficient (Wildman–Crippen LogP) is 1.66. The Bertz CT molecular complexity index is 495. The zero-order valence-corrected chi connectivity index (χ0v) is 10.9. The van der Waals surface area contributed by atoms with Gasteiger partial charge in [0.25, 0.3) is 0 Å². The first-order valence-corrected chi connectivity index (χ1v) is 6.62. The second-order valence-electron chi connectivity index (χ2n) is 5.26. The minimum Gasteiger partial charge on any atom is -0.367 e. The highest BCUT2D eigenvalue weighted by Gasteiger charge is 2.39. The highest BCUT2D eigenvalue weighted by Crippen LogP contribution is 2.42. The molecule has 2 fully saturated rings. The zero-order chi connectivity index (χ0) is 13.4. The number of hydrogen-bond donors (Lipinski definition) is 1. The van der Waals surface area contributed by atoms with Crippen LogP contribution in [0.2, 0.25) is 0 Å². The molecule has 7 heteroatoms. The van der Waals surface area contributed by atoms with Crippen LogP contribution < -0.4 is 10.2 Å².